The molecular formula is C13H23N3O3. The summed E-state index contributed by atoms with van der Waals surface area (Å²) in [7, 11) is 1.57. The van der Waals surface area contributed by atoms with Gasteiger partial charge in [-0.25, -0.2) is 0 Å². The molecule has 1 heterocycles. The van der Waals surface area contributed by atoms with E-state index in [0.29, 0.717) is 25.6 Å². The van der Waals surface area contributed by atoms with Gasteiger partial charge in [0.05, 0.1) is 18.6 Å². The van der Waals surface area contributed by atoms with Gasteiger partial charge in [0.1, 0.15) is 6.04 Å². The smallest absolute Gasteiger partial charge is 0.244 e. The molecule has 0 aromatic carbocycles. The number of amides is 2. The van der Waals surface area contributed by atoms with Crippen molar-refractivity contribution in [1.82, 2.24) is 10.2 Å². The minimum atomic E-state index is -0.523. The van der Waals surface area contributed by atoms with Crippen LogP contribution in [0.25, 0.3) is 0 Å². The van der Waals surface area contributed by atoms with Gasteiger partial charge in [0.2, 0.25) is 11.8 Å². The Balaban J connectivity index is 2.13. The summed E-state index contributed by atoms with van der Waals surface area (Å²) in [6.45, 7) is 3.69. The average Bonchev–Trinajstić information content (AvgIpc) is 2.42. The van der Waals surface area contributed by atoms with Crippen LogP contribution in [-0.4, -0.2) is 56.1 Å². The summed E-state index contributed by atoms with van der Waals surface area (Å²) < 4.78 is 5.32. The molecule has 1 aliphatic heterocycles. The third-order valence-corrected chi connectivity index (χ3v) is 4.26. The standard InChI is InChI=1S/C13H23N3O3/c1-9-5-13(6-9,8-14)12(18)16-3-4-19-7-10(16)11(17)15-2/h9-10H,3-8,14H2,1-2H3,(H,15,17). The monoisotopic (exact) mass is 269 g/mol. The maximum Gasteiger partial charge on any atom is 0.244 e. The molecular weight excluding hydrogens is 246 g/mol. The van der Waals surface area contributed by atoms with Crippen molar-refractivity contribution >= 4 is 11.8 Å². The average molecular weight is 269 g/mol. The Bertz CT molecular complexity index is 366. The highest BCUT2D eigenvalue weighted by Gasteiger charge is 2.51. The topological polar surface area (TPSA) is 84.7 Å². The van der Waals surface area contributed by atoms with E-state index in [1.165, 1.54) is 0 Å². The van der Waals surface area contributed by atoms with E-state index in [1.54, 1.807) is 11.9 Å². The second kappa shape index (κ2) is 5.46. The molecule has 0 radical (unpaired) electrons. The van der Waals surface area contributed by atoms with E-state index in [-0.39, 0.29) is 18.4 Å². The molecule has 1 saturated carbocycles. The molecule has 2 fully saturated rings. The third kappa shape index (κ3) is 2.47. The lowest BCUT2D eigenvalue weighted by Crippen LogP contribution is -2.62. The second-order valence-electron chi connectivity index (χ2n) is 5.70. The van der Waals surface area contributed by atoms with Crippen LogP contribution in [0.15, 0.2) is 0 Å². The first kappa shape index (κ1) is 14.3. The molecule has 2 amide bonds. The number of hydrogen-bond acceptors (Lipinski definition) is 4. The van der Waals surface area contributed by atoms with Gasteiger partial charge in [-0.15, -0.1) is 0 Å². The van der Waals surface area contributed by atoms with E-state index in [1.807, 2.05) is 0 Å². The van der Waals surface area contributed by atoms with Crippen molar-refractivity contribution in [3.63, 3.8) is 0 Å². The number of nitrogens with zero attached hydrogens (tertiary/aromatic N) is 1. The zero-order valence-electron chi connectivity index (χ0n) is 11.6. The third-order valence-electron chi connectivity index (χ3n) is 4.26. The van der Waals surface area contributed by atoms with Crippen LogP contribution in [-0.2, 0) is 14.3 Å². The molecule has 6 heteroatoms. The Hall–Kier alpha value is -1.14. The Labute approximate surface area is 113 Å². The lowest BCUT2D eigenvalue weighted by Gasteiger charge is -2.48. The van der Waals surface area contributed by atoms with E-state index < -0.39 is 11.5 Å². The highest BCUT2D eigenvalue weighted by atomic mass is 16.5. The van der Waals surface area contributed by atoms with E-state index in [0.717, 1.165) is 12.8 Å². The summed E-state index contributed by atoms with van der Waals surface area (Å²) in [5.74, 6) is 0.379. The molecule has 2 aliphatic rings. The number of nitrogens with one attached hydrogen (secondary N) is 1. The number of carbonyl (C=O) groups excluding carboxylic acids is 2. The van der Waals surface area contributed by atoms with E-state index in [9.17, 15) is 9.59 Å². The van der Waals surface area contributed by atoms with Crippen LogP contribution in [0.4, 0.5) is 0 Å². The van der Waals surface area contributed by atoms with Gasteiger partial charge in [0.25, 0.3) is 0 Å². The second-order valence-corrected chi connectivity index (χ2v) is 5.70. The fraction of sp³-hybridized carbons (Fsp3) is 0.846. The first-order chi connectivity index (χ1) is 9.04. The van der Waals surface area contributed by atoms with Gasteiger partial charge < -0.3 is 20.7 Å². The molecule has 0 spiro atoms. The van der Waals surface area contributed by atoms with E-state index in [2.05, 4.69) is 12.2 Å². The van der Waals surface area contributed by atoms with Crippen molar-refractivity contribution < 1.29 is 14.3 Å². The number of carbonyl (C=O) groups is 2. The summed E-state index contributed by atoms with van der Waals surface area (Å²) in [6, 6.07) is -0.523. The molecule has 19 heavy (non-hydrogen) atoms. The molecule has 1 saturated heterocycles. The van der Waals surface area contributed by atoms with Crippen LogP contribution in [0.1, 0.15) is 19.8 Å². The number of ether oxygens (including phenoxy) is 1. The van der Waals surface area contributed by atoms with Crippen molar-refractivity contribution in [3.05, 3.63) is 0 Å². The van der Waals surface area contributed by atoms with Gasteiger partial charge >= 0.3 is 0 Å². The highest BCUT2D eigenvalue weighted by molar-refractivity contribution is 5.91. The Kier molecular flexibility index (Phi) is 4.10. The zero-order chi connectivity index (χ0) is 14.0. The normalized spacial score (nSPS) is 34.6. The summed E-state index contributed by atoms with van der Waals surface area (Å²) in [5.41, 5.74) is 5.36. The van der Waals surface area contributed by atoms with Gasteiger partial charge in [0, 0.05) is 20.1 Å². The van der Waals surface area contributed by atoms with Crippen LogP contribution < -0.4 is 11.1 Å². The predicted octanol–water partition coefficient (Wildman–Crippen LogP) is -0.665. The summed E-state index contributed by atoms with van der Waals surface area (Å²) in [5, 5.41) is 2.59. The van der Waals surface area contributed by atoms with Crippen LogP contribution in [0, 0.1) is 11.3 Å². The molecule has 0 aromatic heterocycles. The fourth-order valence-electron chi connectivity index (χ4n) is 3.24. The quantitative estimate of drug-likeness (QED) is 0.712. The predicted molar refractivity (Wildman–Crippen MR) is 70.3 cm³/mol. The Morgan fingerprint density at radius 3 is 2.68 bits per heavy atom. The molecule has 0 bridgehead atoms. The number of hydrogen-bond donors (Lipinski definition) is 2. The van der Waals surface area contributed by atoms with Crippen molar-refractivity contribution in [2.75, 3.05) is 33.4 Å². The summed E-state index contributed by atoms with van der Waals surface area (Å²) >= 11 is 0. The maximum atomic E-state index is 12.7. The van der Waals surface area contributed by atoms with Crippen LogP contribution in [0.2, 0.25) is 0 Å². The largest absolute Gasteiger partial charge is 0.377 e. The first-order valence-electron chi connectivity index (χ1n) is 6.84. The highest BCUT2D eigenvalue weighted by Crippen LogP contribution is 2.46. The number of rotatable bonds is 3. The lowest BCUT2D eigenvalue weighted by atomic mass is 9.61. The summed E-state index contributed by atoms with van der Waals surface area (Å²) in [6.07, 6.45) is 1.64. The number of nitrogens with two attached hydrogens (primary N) is 1. The van der Waals surface area contributed by atoms with Crippen molar-refractivity contribution in [2.45, 2.75) is 25.8 Å². The molecule has 6 nitrogen and oxygen atoms in total. The van der Waals surface area contributed by atoms with Crippen LogP contribution >= 0.6 is 0 Å². The van der Waals surface area contributed by atoms with Gasteiger partial charge in [-0.1, -0.05) is 6.92 Å². The lowest BCUT2D eigenvalue weighted by molar-refractivity contribution is -0.162. The Morgan fingerprint density at radius 1 is 1.47 bits per heavy atom. The minimum Gasteiger partial charge on any atom is -0.377 e. The van der Waals surface area contributed by atoms with Crippen molar-refractivity contribution in [3.8, 4) is 0 Å². The van der Waals surface area contributed by atoms with Crippen LogP contribution in [0.3, 0.4) is 0 Å². The zero-order valence-corrected chi connectivity index (χ0v) is 11.6. The molecule has 1 unspecified atom stereocenters. The van der Waals surface area contributed by atoms with Gasteiger partial charge in [-0.05, 0) is 18.8 Å². The van der Waals surface area contributed by atoms with Gasteiger partial charge in [-0.3, -0.25) is 9.59 Å². The molecule has 1 atom stereocenters. The minimum absolute atomic E-state index is 0.0185. The molecule has 2 rings (SSSR count). The van der Waals surface area contributed by atoms with E-state index in [4.69, 9.17) is 10.5 Å². The van der Waals surface area contributed by atoms with Gasteiger partial charge in [-0.2, -0.15) is 0 Å². The first-order valence-corrected chi connectivity index (χ1v) is 6.84. The van der Waals surface area contributed by atoms with E-state index >= 15 is 0 Å². The molecule has 0 aromatic rings. The number of morpholine rings is 1. The fourth-order valence-corrected chi connectivity index (χ4v) is 3.24. The maximum absolute atomic E-state index is 12.7. The molecule has 1 aliphatic carbocycles. The van der Waals surface area contributed by atoms with Gasteiger partial charge in [0.15, 0.2) is 0 Å². The molecule has 108 valence electrons. The summed E-state index contributed by atoms with van der Waals surface area (Å²) in [4.78, 5) is 26.2. The SMILES string of the molecule is CNC(=O)C1COCCN1C(=O)C1(CN)CC(C)C1. The Morgan fingerprint density at radius 2 is 2.16 bits per heavy atom. The van der Waals surface area contributed by atoms with Crippen molar-refractivity contribution in [1.29, 1.82) is 0 Å². The van der Waals surface area contributed by atoms with Crippen LogP contribution in [0.5, 0.6) is 0 Å². The molecule has 3 N–H and O–H groups in total. The van der Waals surface area contributed by atoms with Crippen molar-refractivity contribution in [2.24, 2.45) is 17.1 Å². The number of likely N-dealkylation sites (N-methyl/N-ethyl adjacent to an activating group) is 1.